The molecule has 2 aromatic rings. The molecule has 2 amide bonds. The Balaban J connectivity index is 1.72. The van der Waals surface area contributed by atoms with Crippen LogP contribution in [0.1, 0.15) is 18.0 Å². The van der Waals surface area contributed by atoms with Gasteiger partial charge in [-0.2, -0.15) is 0 Å². The van der Waals surface area contributed by atoms with Crippen LogP contribution in [-0.4, -0.2) is 35.7 Å². The van der Waals surface area contributed by atoms with Crippen molar-refractivity contribution in [3.8, 4) is 0 Å². The maximum atomic E-state index is 12.6. The van der Waals surface area contributed by atoms with Crippen LogP contribution in [0.25, 0.3) is 0 Å². The number of nitrogens with zero attached hydrogens (tertiary/aromatic N) is 1. The van der Waals surface area contributed by atoms with Crippen LogP contribution in [0.4, 0.5) is 5.69 Å². The van der Waals surface area contributed by atoms with Crippen molar-refractivity contribution in [2.75, 3.05) is 17.7 Å². The van der Waals surface area contributed by atoms with Gasteiger partial charge in [0.25, 0.3) is 0 Å². The molecule has 6 nitrogen and oxygen atoms in total. The summed E-state index contributed by atoms with van der Waals surface area (Å²) in [6.07, 6.45) is 2.02. The summed E-state index contributed by atoms with van der Waals surface area (Å²) in [5.74, 6) is -2.28. The van der Waals surface area contributed by atoms with Crippen LogP contribution in [0.15, 0.2) is 59.5 Å². The van der Waals surface area contributed by atoms with Gasteiger partial charge in [0.05, 0.1) is 5.92 Å². The molecule has 0 bridgehead atoms. The summed E-state index contributed by atoms with van der Waals surface area (Å²) in [7, 11) is 0. The lowest BCUT2D eigenvalue weighted by Crippen LogP contribution is -2.38. The van der Waals surface area contributed by atoms with Gasteiger partial charge in [-0.25, -0.2) is 4.79 Å². The molecule has 7 heteroatoms. The van der Waals surface area contributed by atoms with Crippen molar-refractivity contribution in [3.63, 3.8) is 0 Å². The molecule has 2 atom stereocenters. The number of amides is 2. The number of carbonyl (C=O) groups excluding carboxylic acids is 2. The van der Waals surface area contributed by atoms with Gasteiger partial charge in [0.15, 0.2) is 6.04 Å². The monoisotopic (exact) mass is 384 g/mol. The number of carboxylic acids is 1. The fourth-order valence-corrected chi connectivity index (χ4v) is 3.56. The van der Waals surface area contributed by atoms with E-state index in [9.17, 15) is 19.5 Å². The summed E-state index contributed by atoms with van der Waals surface area (Å²) in [5, 5.41) is 12.0. The minimum absolute atomic E-state index is 0.0659. The molecule has 0 aliphatic carbocycles. The van der Waals surface area contributed by atoms with Gasteiger partial charge in [0.2, 0.25) is 11.8 Å². The van der Waals surface area contributed by atoms with E-state index < -0.39 is 23.8 Å². The number of hydrogen-bond donors (Lipinski definition) is 2. The fraction of sp³-hybridized carbons (Fsp3) is 0.250. The lowest BCUT2D eigenvalue weighted by atomic mass is 10.0. The van der Waals surface area contributed by atoms with Crippen LogP contribution < -0.4 is 10.2 Å². The normalized spacial score (nSPS) is 17.6. The number of aliphatic carboxylic acids is 1. The van der Waals surface area contributed by atoms with E-state index in [1.165, 1.54) is 0 Å². The van der Waals surface area contributed by atoms with E-state index in [2.05, 4.69) is 5.32 Å². The summed E-state index contributed by atoms with van der Waals surface area (Å²) in [5.41, 5.74) is 1.24. The van der Waals surface area contributed by atoms with Gasteiger partial charge in [0, 0.05) is 23.5 Å². The first-order valence-electron chi connectivity index (χ1n) is 8.52. The molecule has 2 aromatic carbocycles. The molecule has 1 fully saturated rings. The first-order valence-corrected chi connectivity index (χ1v) is 9.74. The number of anilines is 1. The lowest BCUT2D eigenvalue weighted by molar-refractivity contribution is -0.142. The van der Waals surface area contributed by atoms with Gasteiger partial charge in [0.1, 0.15) is 0 Å². The second-order valence-corrected chi connectivity index (χ2v) is 7.18. The van der Waals surface area contributed by atoms with Crippen LogP contribution >= 0.6 is 11.8 Å². The van der Waals surface area contributed by atoms with Crippen molar-refractivity contribution in [1.29, 1.82) is 0 Å². The number of hydrogen-bond acceptors (Lipinski definition) is 4. The molecular formula is C20H20N2O4S. The van der Waals surface area contributed by atoms with Crippen LogP contribution in [0.3, 0.4) is 0 Å². The van der Waals surface area contributed by atoms with Gasteiger partial charge in [-0.15, -0.1) is 11.8 Å². The maximum absolute atomic E-state index is 12.6. The minimum Gasteiger partial charge on any atom is -0.479 e. The molecule has 27 heavy (non-hydrogen) atoms. The summed E-state index contributed by atoms with van der Waals surface area (Å²) >= 11 is 1.58. The van der Waals surface area contributed by atoms with Gasteiger partial charge < -0.3 is 15.3 Å². The molecule has 1 unspecified atom stereocenters. The predicted octanol–water partition coefficient (Wildman–Crippen LogP) is 2.70. The Hall–Kier alpha value is -2.80. The molecule has 0 saturated carbocycles. The van der Waals surface area contributed by atoms with E-state index in [4.69, 9.17) is 0 Å². The summed E-state index contributed by atoms with van der Waals surface area (Å²) in [6, 6.07) is 15.0. The van der Waals surface area contributed by atoms with Crippen molar-refractivity contribution in [1.82, 2.24) is 5.32 Å². The van der Waals surface area contributed by atoms with E-state index in [0.717, 1.165) is 10.6 Å². The highest BCUT2D eigenvalue weighted by Gasteiger charge is 2.36. The number of nitrogens with one attached hydrogen (secondary N) is 1. The average molecular weight is 384 g/mol. The zero-order valence-corrected chi connectivity index (χ0v) is 15.6. The van der Waals surface area contributed by atoms with Crippen molar-refractivity contribution < 1.29 is 19.5 Å². The van der Waals surface area contributed by atoms with Crippen LogP contribution in [0, 0.1) is 5.92 Å². The second-order valence-electron chi connectivity index (χ2n) is 6.30. The Bertz CT molecular complexity index is 856. The third kappa shape index (κ3) is 4.31. The zero-order valence-electron chi connectivity index (χ0n) is 14.8. The molecule has 3 rings (SSSR count). The predicted molar refractivity (Wildman–Crippen MR) is 104 cm³/mol. The number of benzene rings is 2. The highest BCUT2D eigenvalue weighted by Crippen LogP contribution is 2.28. The standard InChI is InChI=1S/C20H20N2O4S/c1-27-16-9-5-8-15(11-16)22-12-14(10-17(22)23)19(24)21-18(20(25)26)13-6-3-2-4-7-13/h2-9,11,14,18H,10,12H2,1H3,(H,21,24)(H,25,26)/t14?,18-/m1/s1. The molecular weight excluding hydrogens is 364 g/mol. The Kier molecular flexibility index (Phi) is 5.81. The summed E-state index contributed by atoms with van der Waals surface area (Å²) < 4.78 is 0. The number of rotatable bonds is 6. The van der Waals surface area contributed by atoms with Gasteiger partial charge in [-0.05, 0) is 30.0 Å². The number of carboxylic acid groups (broad SMARTS) is 1. The minimum atomic E-state index is -1.14. The molecule has 1 saturated heterocycles. The average Bonchev–Trinajstić information content (AvgIpc) is 3.08. The van der Waals surface area contributed by atoms with Gasteiger partial charge in [-0.3, -0.25) is 9.59 Å². The molecule has 1 heterocycles. The highest BCUT2D eigenvalue weighted by molar-refractivity contribution is 7.98. The van der Waals surface area contributed by atoms with Crippen LogP contribution in [-0.2, 0) is 14.4 Å². The molecule has 1 aliphatic rings. The molecule has 0 spiro atoms. The molecule has 0 radical (unpaired) electrons. The van der Waals surface area contributed by atoms with Crippen LogP contribution in [0.5, 0.6) is 0 Å². The largest absolute Gasteiger partial charge is 0.479 e. The van der Waals surface area contributed by atoms with E-state index in [-0.39, 0.29) is 18.9 Å². The Morgan fingerprint density at radius 2 is 1.93 bits per heavy atom. The third-order valence-electron chi connectivity index (χ3n) is 4.53. The number of thioether (sulfide) groups is 1. The number of carbonyl (C=O) groups is 3. The van der Waals surface area contributed by atoms with Crippen molar-refractivity contribution in [3.05, 3.63) is 60.2 Å². The first-order chi connectivity index (χ1) is 13.0. The molecule has 0 aromatic heterocycles. The lowest BCUT2D eigenvalue weighted by Gasteiger charge is -2.19. The van der Waals surface area contributed by atoms with Crippen molar-refractivity contribution >= 4 is 35.2 Å². The van der Waals surface area contributed by atoms with Crippen LogP contribution in [0.2, 0.25) is 0 Å². The van der Waals surface area contributed by atoms with Gasteiger partial charge in [-0.1, -0.05) is 36.4 Å². The summed E-state index contributed by atoms with van der Waals surface area (Å²) in [6.45, 7) is 0.240. The highest BCUT2D eigenvalue weighted by atomic mass is 32.2. The maximum Gasteiger partial charge on any atom is 0.330 e. The Morgan fingerprint density at radius 1 is 1.19 bits per heavy atom. The van der Waals surface area contributed by atoms with Crippen molar-refractivity contribution in [2.45, 2.75) is 17.4 Å². The van der Waals surface area contributed by atoms with E-state index in [1.54, 1.807) is 47.0 Å². The SMILES string of the molecule is CSc1cccc(N2CC(C(=O)N[C@@H](C(=O)O)c3ccccc3)CC2=O)c1. The van der Waals surface area contributed by atoms with E-state index >= 15 is 0 Å². The smallest absolute Gasteiger partial charge is 0.330 e. The Morgan fingerprint density at radius 3 is 2.59 bits per heavy atom. The third-order valence-corrected chi connectivity index (χ3v) is 5.25. The molecule has 140 valence electrons. The van der Waals surface area contributed by atoms with Gasteiger partial charge >= 0.3 is 5.97 Å². The van der Waals surface area contributed by atoms with E-state index in [1.807, 2.05) is 30.5 Å². The zero-order chi connectivity index (χ0) is 19.4. The van der Waals surface area contributed by atoms with Crippen molar-refractivity contribution in [2.24, 2.45) is 5.92 Å². The molecule has 2 N–H and O–H groups in total. The van der Waals surface area contributed by atoms with E-state index in [0.29, 0.717) is 5.56 Å². The quantitative estimate of drug-likeness (QED) is 0.748. The fourth-order valence-electron chi connectivity index (χ4n) is 3.10. The topological polar surface area (TPSA) is 86.7 Å². The Labute approximate surface area is 161 Å². The first kappa shape index (κ1) is 19.0. The summed E-state index contributed by atoms with van der Waals surface area (Å²) in [4.78, 5) is 39.2. The molecule has 1 aliphatic heterocycles. The second kappa shape index (κ2) is 8.26.